The highest BCUT2D eigenvalue weighted by atomic mass is 32.2. The van der Waals surface area contributed by atoms with Gasteiger partial charge < -0.3 is 5.32 Å². The Hall–Kier alpha value is -2.90. The van der Waals surface area contributed by atoms with Crippen LogP contribution in [0.15, 0.2) is 65.7 Å². The molecule has 1 amide bonds. The van der Waals surface area contributed by atoms with E-state index in [-0.39, 0.29) is 11.7 Å². The van der Waals surface area contributed by atoms with Gasteiger partial charge in [0.15, 0.2) is 11.0 Å². The lowest BCUT2D eigenvalue weighted by atomic mass is 9.95. The van der Waals surface area contributed by atoms with E-state index in [1.54, 1.807) is 0 Å². The minimum absolute atomic E-state index is 0.0611. The van der Waals surface area contributed by atoms with E-state index in [0.29, 0.717) is 6.54 Å². The molecule has 1 N–H and O–H groups in total. The highest BCUT2D eigenvalue weighted by Crippen LogP contribution is 2.37. The summed E-state index contributed by atoms with van der Waals surface area (Å²) >= 11 is 3.23. The second-order valence-electron chi connectivity index (χ2n) is 7.83. The molecule has 0 fully saturated rings. The van der Waals surface area contributed by atoms with Gasteiger partial charge in [-0.15, -0.1) is 28.1 Å². The summed E-state index contributed by atoms with van der Waals surface area (Å²) in [5.41, 5.74) is 3.43. The minimum atomic E-state index is -0.0611. The monoisotopic (exact) mass is 460 g/mol. The van der Waals surface area contributed by atoms with Gasteiger partial charge in [0, 0.05) is 33.4 Å². The lowest BCUT2D eigenvalue weighted by Crippen LogP contribution is -2.15. The SMILES string of the molecule is C=CCn1c(SCC(=O)Nc2cccc3ccccc23)nnc1-c1csc2c1CCCC2. The molecule has 32 heavy (non-hydrogen) atoms. The number of aromatic nitrogens is 3. The molecule has 0 aliphatic heterocycles. The van der Waals surface area contributed by atoms with Crippen molar-refractivity contribution in [2.24, 2.45) is 0 Å². The quantitative estimate of drug-likeness (QED) is 0.273. The second kappa shape index (κ2) is 9.30. The van der Waals surface area contributed by atoms with E-state index in [1.165, 1.54) is 40.6 Å². The predicted molar refractivity (Wildman–Crippen MR) is 133 cm³/mol. The molecular weight excluding hydrogens is 436 g/mol. The Morgan fingerprint density at radius 1 is 1.16 bits per heavy atom. The molecule has 5 rings (SSSR count). The summed E-state index contributed by atoms with van der Waals surface area (Å²) in [6.07, 6.45) is 6.60. The van der Waals surface area contributed by atoms with Crippen LogP contribution in [-0.2, 0) is 24.2 Å². The van der Waals surface area contributed by atoms with Crippen LogP contribution < -0.4 is 5.32 Å². The van der Waals surface area contributed by atoms with Crippen LogP contribution in [0.1, 0.15) is 23.3 Å². The lowest BCUT2D eigenvalue weighted by molar-refractivity contribution is -0.113. The Morgan fingerprint density at radius 2 is 2.00 bits per heavy atom. The Morgan fingerprint density at radius 3 is 2.91 bits per heavy atom. The minimum Gasteiger partial charge on any atom is -0.325 e. The van der Waals surface area contributed by atoms with Crippen LogP contribution in [0.3, 0.4) is 0 Å². The van der Waals surface area contributed by atoms with Crippen LogP contribution in [0.25, 0.3) is 22.2 Å². The number of nitrogens with zero attached hydrogens (tertiary/aromatic N) is 3. The molecule has 0 saturated carbocycles. The molecule has 162 valence electrons. The largest absolute Gasteiger partial charge is 0.325 e. The van der Waals surface area contributed by atoms with E-state index in [9.17, 15) is 4.79 Å². The number of rotatable bonds is 7. The van der Waals surface area contributed by atoms with Crippen molar-refractivity contribution in [1.29, 1.82) is 0 Å². The Labute approximate surface area is 195 Å². The molecule has 0 saturated heterocycles. The number of hydrogen-bond donors (Lipinski definition) is 1. The Bertz CT molecular complexity index is 1290. The van der Waals surface area contributed by atoms with Gasteiger partial charge in [-0.2, -0.15) is 0 Å². The molecule has 0 spiro atoms. The number of fused-ring (bicyclic) bond motifs is 2. The van der Waals surface area contributed by atoms with Crippen molar-refractivity contribution in [3.63, 3.8) is 0 Å². The van der Waals surface area contributed by atoms with Crippen LogP contribution in [0, 0.1) is 0 Å². The molecule has 0 atom stereocenters. The van der Waals surface area contributed by atoms with Crippen LogP contribution in [0.2, 0.25) is 0 Å². The summed E-state index contributed by atoms with van der Waals surface area (Å²) in [7, 11) is 0. The van der Waals surface area contributed by atoms with Gasteiger partial charge in [-0.3, -0.25) is 9.36 Å². The summed E-state index contributed by atoms with van der Waals surface area (Å²) in [6.45, 7) is 4.52. The normalized spacial score (nSPS) is 13.1. The van der Waals surface area contributed by atoms with Crippen LogP contribution in [-0.4, -0.2) is 26.4 Å². The van der Waals surface area contributed by atoms with Crippen molar-refractivity contribution in [2.75, 3.05) is 11.1 Å². The summed E-state index contributed by atoms with van der Waals surface area (Å²) < 4.78 is 2.07. The zero-order valence-corrected chi connectivity index (χ0v) is 19.3. The fraction of sp³-hybridized carbons (Fsp3) is 0.240. The topological polar surface area (TPSA) is 59.8 Å². The van der Waals surface area contributed by atoms with Crippen LogP contribution in [0.5, 0.6) is 0 Å². The smallest absolute Gasteiger partial charge is 0.234 e. The van der Waals surface area contributed by atoms with Gasteiger partial charge in [-0.25, -0.2) is 0 Å². The van der Waals surface area contributed by atoms with E-state index in [4.69, 9.17) is 0 Å². The molecule has 5 nitrogen and oxygen atoms in total. The number of amides is 1. The molecule has 0 radical (unpaired) electrons. The summed E-state index contributed by atoms with van der Waals surface area (Å²) in [6, 6.07) is 14.0. The van der Waals surface area contributed by atoms with Crippen molar-refractivity contribution in [3.05, 3.63) is 70.9 Å². The van der Waals surface area contributed by atoms with E-state index in [0.717, 1.165) is 40.3 Å². The van der Waals surface area contributed by atoms with E-state index < -0.39 is 0 Å². The maximum atomic E-state index is 12.7. The molecule has 0 unspecified atom stereocenters. The lowest BCUT2D eigenvalue weighted by Gasteiger charge is -2.13. The molecule has 2 aromatic heterocycles. The predicted octanol–water partition coefficient (Wildman–Crippen LogP) is 5.96. The highest BCUT2D eigenvalue weighted by Gasteiger charge is 2.22. The molecule has 7 heteroatoms. The number of thiophene rings is 1. The van der Waals surface area contributed by atoms with E-state index in [1.807, 2.05) is 59.9 Å². The van der Waals surface area contributed by atoms with E-state index >= 15 is 0 Å². The molecule has 1 aliphatic carbocycles. The number of allylic oxidation sites excluding steroid dienone is 1. The number of hydrogen-bond acceptors (Lipinski definition) is 5. The number of aryl methyl sites for hydroxylation is 1. The molecule has 0 bridgehead atoms. The van der Waals surface area contributed by atoms with Crippen molar-refractivity contribution in [1.82, 2.24) is 14.8 Å². The van der Waals surface area contributed by atoms with Gasteiger partial charge in [-0.1, -0.05) is 54.2 Å². The molecule has 1 aliphatic rings. The zero-order chi connectivity index (χ0) is 21.9. The number of carbonyl (C=O) groups is 1. The molecule has 4 aromatic rings. The van der Waals surface area contributed by atoms with Crippen molar-refractivity contribution >= 4 is 45.5 Å². The van der Waals surface area contributed by atoms with E-state index in [2.05, 4.69) is 32.0 Å². The van der Waals surface area contributed by atoms with Gasteiger partial charge >= 0.3 is 0 Å². The molecular formula is C25H24N4OS2. The molecule has 2 aromatic carbocycles. The van der Waals surface area contributed by atoms with Crippen molar-refractivity contribution < 1.29 is 4.79 Å². The van der Waals surface area contributed by atoms with Gasteiger partial charge in [0.25, 0.3) is 0 Å². The molecule has 2 heterocycles. The maximum absolute atomic E-state index is 12.7. The average molecular weight is 461 g/mol. The highest BCUT2D eigenvalue weighted by molar-refractivity contribution is 7.99. The standard InChI is InChI=1S/C25H24N4OS2/c1-2-14-29-24(20-15-31-22-13-6-5-11-19(20)22)27-28-25(29)32-16-23(30)26-21-12-7-9-17-8-3-4-10-18(17)21/h2-4,7-10,12,15H,1,5-6,11,13-14,16H2,(H,26,30). The first-order valence-electron chi connectivity index (χ1n) is 10.8. The van der Waals surface area contributed by atoms with Crippen LogP contribution >= 0.6 is 23.1 Å². The Kier molecular flexibility index (Phi) is 6.10. The van der Waals surface area contributed by atoms with Gasteiger partial charge in [0.05, 0.1) is 5.75 Å². The number of benzene rings is 2. The van der Waals surface area contributed by atoms with Crippen LogP contribution in [0.4, 0.5) is 5.69 Å². The second-order valence-corrected chi connectivity index (χ2v) is 9.73. The fourth-order valence-corrected chi connectivity index (χ4v) is 6.09. The number of nitrogens with one attached hydrogen (secondary N) is 1. The van der Waals surface area contributed by atoms with Gasteiger partial charge in [0.2, 0.25) is 5.91 Å². The maximum Gasteiger partial charge on any atom is 0.234 e. The first kappa shape index (κ1) is 21.0. The number of thioether (sulfide) groups is 1. The summed E-state index contributed by atoms with van der Waals surface area (Å²) in [5, 5.41) is 17.1. The Balaban J connectivity index is 1.34. The first-order valence-corrected chi connectivity index (χ1v) is 12.6. The fourth-order valence-electron chi connectivity index (χ4n) is 4.22. The van der Waals surface area contributed by atoms with Crippen molar-refractivity contribution in [2.45, 2.75) is 37.4 Å². The van der Waals surface area contributed by atoms with Gasteiger partial charge in [-0.05, 0) is 42.7 Å². The average Bonchev–Trinajstić information content (AvgIpc) is 3.42. The summed E-state index contributed by atoms with van der Waals surface area (Å²) in [5.74, 6) is 1.08. The zero-order valence-electron chi connectivity index (χ0n) is 17.7. The summed E-state index contributed by atoms with van der Waals surface area (Å²) in [4.78, 5) is 14.2. The third-order valence-electron chi connectivity index (χ3n) is 5.73. The van der Waals surface area contributed by atoms with Crippen molar-refractivity contribution in [3.8, 4) is 11.4 Å². The van der Waals surface area contributed by atoms with Gasteiger partial charge in [0.1, 0.15) is 0 Å². The number of anilines is 1. The third kappa shape index (κ3) is 4.10. The number of carbonyl (C=O) groups excluding carboxylic acids is 1. The first-order chi connectivity index (χ1) is 15.7. The third-order valence-corrected chi connectivity index (χ3v) is 7.78.